The molecular weight excluding hydrogens is 486 g/mol. The van der Waals surface area contributed by atoms with E-state index in [0.717, 1.165) is 55.3 Å². The van der Waals surface area contributed by atoms with Crippen molar-refractivity contribution in [3.8, 4) is 0 Å². The second-order valence-electron chi connectivity index (χ2n) is 12.7. The van der Waals surface area contributed by atoms with Gasteiger partial charge in [0.2, 0.25) is 6.10 Å². The van der Waals surface area contributed by atoms with Gasteiger partial charge in [0.25, 0.3) is 0 Å². The molecule has 0 aromatic heterocycles. The fraction of sp³-hybridized carbons (Fsp3) is 1.00. The smallest absolute Gasteiger partial charge is 0.393 e. The molecule has 0 heterocycles. The van der Waals surface area contributed by atoms with Gasteiger partial charge in [0.05, 0.1) is 12.2 Å². The van der Waals surface area contributed by atoms with E-state index in [2.05, 4.69) is 27.7 Å². The van der Waals surface area contributed by atoms with Crippen molar-refractivity contribution < 1.29 is 41.7 Å². The standard InChI is InChI=1S/C24H42O2.C3H2F6O/c1-5-6-15(2)18-7-8-19-17-14-22(26)21-13-16(25)9-11-24(21,4)20(17)10-12-23(18,19)3;4-2(5,6)1(10)3(7,8)9/h15-22,25-26H,5-14H2,1-4H3;1,10H/t15?,16-,17?,18?,19?,20?,21?,22+,23?,24?;/m1./s1. The maximum absolute atomic E-state index is 11.1. The highest BCUT2D eigenvalue weighted by atomic mass is 19.4. The van der Waals surface area contributed by atoms with E-state index < -0.39 is 18.5 Å². The van der Waals surface area contributed by atoms with Crippen LogP contribution < -0.4 is 0 Å². The average molecular weight is 531 g/mol. The molecule has 0 spiro atoms. The highest BCUT2D eigenvalue weighted by molar-refractivity contribution is 5.11. The van der Waals surface area contributed by atoms with Crippen LogP contribution in [-0.2, 0) is 0 Å². The molecule has 4 aliphatic carbocycles. The number of alkyl halides is 6. The van der Waals surface area contributed by atoms with E-state index in [1.54, 1.807) is 0 Å². The van der Waals surface area contributed by atoms with Crippen LogP contribution in [0.3, 0.4) is 0 Å². The number of hydrogen-bond acceptors (Lipinski definition) is 3. The first kappa shape index (κ1) is 30.0. The van der Waals surface area contributed by atoms with E-state index in [0.29, 0.717) is 11.3 Å². The van der Waals surface area contributed by atoms with E-state index >= 15 is 0 Å². The summed E-state index contributed by atoms with van der Waals surface area (Å²) in [5.41, 5.74) is 0.767. The third kappa shape index (κ3) is 5.58. The van der Waals surface area contributed by atoms with Crippen LogP contribution in [-0.4, -0.2) is 46.0 Å². The average Bonchev–Trinajstić information content (AvgIpc) is 3.11. The molecule has 0 bridgehead atoms. The van der Waals surface area contributed by atoms with Gasteiger partial charge in [0.1, 0.15) is 0 Å². The van der Waals surface area contributed by atoms with Crippen molar-refractivity contribution in [2.75, 3.05) is 0 Å². The van der Waals surface area contributed by atoms with Crippen LogP contribution in [0.1, 0.15) is 91.9 Å². The van der Waals surface area contributed by atoms with Gasteiger partial charge in [-0.25, -0.2) is 0 Å². The van der Waals surface area contributed by atoms with Crippen LogP contribution in [0.5, 0.6) is 0 Å². The summed E-state index contributed by atoms with van der Waals surface area (Å²) in [5, 5.41) is 28.8. The predicted octanol–water partition coefficient (Wildman–Crippen LogP) is 6.89. The third-order valence-corrected chi connectivity index (χ3v) is 10.8. The van der Waals surface area contributed by atoms with Crippen molar-refractivity contribution in [2.45, 2.75) is 123 Å². The molecule has 4 saturated carbocycles. The zero-order valence-corrected chi connectivity index (χ0v) is 21.9. The first-order chi connectivity index (χ1) is 16.5. The third-order valence-electron chi connectivity index (χ3n) is 10.8. The molecule has 3 N–H and O–H groups in total. The van der Waals surface area contributed by atoms with Crippen LogP contribution in [0.2, 0.25) is 0 Å². The second-order valence-corrected chi connectivity index (χ2v) is 12.7. The quantitative estimate of drug-likeness (QED) is 0.349. The molecule has 4 aliphatic rings. The first-order valence-electron chi connectivity index (χ1n) is 13.6. The molecule has 0 aromatic rings. The Balaban J connectivity index is 0.000000308. The van der Waals surface area contributed by atoms with Crippen molar-refractivity contribution >= 4 is 0 Å². The van der Waals surface area contributed by atoms with Crippen molar-refractivity contribution in [1.29, 1.82) is 0 Å². The summed E-state index contributed by atoms with van der Waals surface area (Å²) >= 11 is 0. The minimum Gasteiger partial charge on any atom is -0.393 e. The molecule has 3 nitrogen and oxygen atoms in total. The van der Waals surface area contributed by atoms with Crippen molar-refractivity contribution in [2.24, 2.45) is 46.3 Å². The zero-order valence-electron chi connectivity index (χ0n) is 21.9. The van der Waals surface area contributed by atoms with Crippen LogP contribution in [0.4, 0.5) is 26.3 Å². The summed E-state index contributed by atoms with van der Waals surface area (Å²) in [5.74, 6) is 4.40. The lowest BCUT2D eigenvalue weighted by atomic mass is 9.44. The van der Waals surface area contributed by atoms with Gasteiger partial charge in [-0.1, -0.05) is 40.5 Å². The molecule has 36 heavy (non-hydrogen) atoms. The summed E-state index contributed by atoms with van der Waals surface area (Å²) in [6.07, 6.45) is -3.69. The molecule has 4 rings (SSSR count). The van der Waals surface area contributed by atoms with Crippen molar-refractivity contribution in [3.05, 3.63) is 0 Å². The van der Waals surface area contributed by atoms with E-state index in [1.165, 1.54) is 38.5 Å². The van der Waals surface area contributed by atoms with E-state index in [9.17, 15) is 36.6 Å². The predicted molar refractivity (Wildman–Crippen MR) is 125 cm³/mol. The Morgan fingerprint density at radius 1 is 0.806 bits per heavy atom. The minimum atomic E-state index is -5.63. The second kappa shape index (κ2) is 10.6. The van der Waals surface area contributed by atoms with Crippen LogP contribution in [0.25, 0.3) is 0 Å². The number of fused-ring (bicyclic) bond motifs is 5. The van der Waals surface area contributed by atoms with Gasteiger partial charge >= 0.3 is 12.4 Å². The van der Waals surface area contributed by atoms with Crippen molar-refractivity contribution in [1.82, 2.24) is 0 Å². The normalized spacial score (nSPS) is 43.7. The lowest BCUT2D eigenvalue weighted by Crippen LogP contribution is -2.58. The zero-order chi connectivity index (χ0) is 27.3. The summed E-state index contributed by atoms with van der Waals surface area (Å²) < 4.78 is 65.9. The van der Waals surface area contributed by atoms with Gasteiger partial charge in [0, 0.05) is 0 Å². The minimum absolute atomic E-state index is 0.182. The fourth-order valence-corrected chi connectivity index (χ4v) is 9.10. The van der Waals surface area contributed by atoms with Gasteiger partial charge in [-0.05, 0) is 97.7 Å². The lowest BCUT2D eigenvalue weighted by Gasteiger charge is -2.62. The number of aliphatic hydroxyl groups excluding tert-OH is 3. The molecule has 0 aliphatic heterocycles. The number of aliphatic hydroxyl groups is 3. The summed E-state index contributed by atoms with van der Waals surface area (Å²) in [6, 6.07) is 0. The highest BCUT2D eigenvalue weighted by Gasteiger charge is 2.62. The summed E-state index contributed by atoms with van der Waals surface area (Å²) in [4.78, 5) is 0. The Bertz CT molecular complexity index is 728. The van der Waals surface area contributed by atoms with E-state index in [4.69, 9.17) is 5.11 Å². The largest absolute Gasteiger partial charge is 0.423 e. The molecule has 0 amide bonds. The Kier molecular flexibility index (Phi) is 8.80. The first-order valence-corrected chi connectivity index (χ1v) is 13.6. The molecule has 9 heteroatoms. The Morgan fingerprint density at radius 2 is 1.36 bits per heavy atom. The number of halogens is 6. The molecular formula is C27H44F6O3. The molecule has 0 radical (unpaired) electrons. The van der Waals surface area contributed by atoms with Gasteiger partial charge in [-0.15, -0.1) is 0 Å². The molecule has 212 valence electrons. The van der Waals surface area contributed by atoms with Gasteiger partial charge in [-0.3, -0.25) is 0 Å². The number of hydrogen-bond donors (Lipinski definition) is 3. The Labute approximate surface area is 211 Å². The molecule has 4 fully saturated rings. The molecule has 8 unspecified atom stereocenters. The Morgan fingerprint density at radius 3 is 1.89 bits per heavy atom. The van der Waals surface area contributed by atoms with Crippen molar-refractivity contribution in [3.63, 3.8) is 0 Å². The maximum atomic E-state index is 11.1. The SMILES string of the molecule is CCCC(C)C1CCC2C3C[C@H](O)C4C[C@H](O)CCC4(C)C3CCC12C.OC(C(F)(F)F)C(F)(F)F. The van der Waals surface area contributed by atoms with E-state index in [-0.39, 0.29) is 17.6 Å². The molecule has 0 aromatic carbocycles. The van der Waals surface area contributed by atoms with Crippen LogP contribution in [0.15, 0.2) is 0 Å². The highest BCUT2D eigenvalue weighted by Crippen LogP contribution is 2.68. The van der Waals surface area contributed by atoms with Crippen LogP contribution in [0, 0.1) is 46.3 Å². The van der Waals surface area contributed by atoms with Crippen LogP contribution >= 0.6 is 0 Å². The molecule has 10 atom stereocenters. The maximum Gasteiger partial charge on any atom is 0.423 e. The Hall–Kier alpha value is -0.540. The van der Waals surface area contributed by atoms with Gasteiger partial charge < -0.3 is 15.3 Å². The number of rotatable bonds is 3. The monoisotopic (exact) mass is 530 g/mol. The topological polar surface area (TPSA) is 60.7 Å². The van der Waals surface area contributed by atoms with Gasteiger partial charge in [0.15, 0.2) is 0 Å². The molecule has 0 saturated heterocycles. The summed E-state index contributed by atoms with van der Waals surface area (Å²) in [7, 11) is 0. The van der Waals surface area contributed by atoms with Gasteiger partial charge in [-0.2, -0.15) is 26.3 Å². The van der Waals surface area contributed by atoms with E-state index in [1.807, 2.05) is 0 Å². The lowest BCUT2D eigenvalue weighted by molar-refractivity contribution is -0.308. The fourth-order valence-electron chi connectivity index (χ4n) is 9.10. The summed E-state index contributed by atoms with van der Waals surface area (Å²) in [6.45, 7) is 9.92.